The van der Waals surface area contributed by atoms with E-state index in [0.29, 0.717) is 28.7 Å². The van der Waals surface area contributed by atoms with Crippen LogP contribution in [0.25, 0.3) is 10.9 Å². The van der Waals surface area contributed by atoms with Gasteiger partial charge in [0.15, 0.2) is 5.54 Å². The van der Waals surface area contributed by atoms with E-state index in [1.165, 1.54) is 25.3 Å². The van der Waals surface area contributed by atoms with Gasteiger partial charge in [0, 0.05) is 28.5 Å². The van der Waals surface area contributed by atoms with Gasteiger partial charge in [0.05, 0.1) is 27.8 Å². The number of nitrogens with zero attached hydrogens (tertiary/aromatic N) is 6. The van der Waals surface area contributed by atoms with Crippen LogP contribution in [0.2, 0.25) is 5.02 Å². The third-order valence-electron chi connectivity index (χ3n) is 8.26. The maximum atomic E-state index is 15.9. The molecule has 2 atom stereocenters. The number of hydrogen-bond donors (Lipinski definition) is 2. The second-order valence-electron chi connectivity index (χ2n) is 11.1. The van der Waals surface area contributed by atoms with Crippen molar-refractivity contribution in [2.75, 3.05) is 10.6 Å². The summed E-state index contributed by atoms with van der Waals surface area (Å²) in [7, 11) is 0. The molecule has 1 aliphatic carbocycles. The zero-order valence-corrected chi connectivity index (χ0v) is 25.3. The molecule has 6 rings (SSSR count). The van der Waals surface area contributed by atoms with Crippen LogP contribution in [0, 0.1) is 30.2 Å². The van der Waals surface area contributed by atoms with Crippen molar-refractivity contribution >= 4 is 33.9 Å². The first-order valence-corrected chi connectivity index (χ1v) is 14.8. The standard InChI is InChI=1S/C32H26ClF5N8/c1-3-24(18-7-5-4-6-8-18)43-26-19(15-39)16-40-27-22(26)13-20(14-23(27)33)42-28(21-9-10-25(34)41-17(21)2)29-30(35)46(45-44-29)31(11-12-31)32(36,37)38/h4-10,13-14,16,24,28,42H,3,11-12H2,1-2H3,(H,40,43). The van der Waals surface area contributed by atoms with Crippen LogP contribution in [0.15, 0.2) is 60.8 Å². The summed E-state index contributed by atoms with van der Waals surface area (Å²) in [6, 6.07) is 16.0. The maximum absolute atomic E-state index is 15.9. The van der Waals surface area contributed by atoms with Crippen LogP contribution in [0.3, 0.4) is 0 Å². The fraction of sp³-hybridized carbons (Fsp3) is 0.281. The van der Waals surface area contributed by atoms with E-state index < -0.39 is 35.3 Å². The lowest BCUT2D eigenvalue weighted by atomic mass is 10.0. The predicted octanol–water partition coefficient (Wildman–Crippen LogP) is 8.15. The maximum Gasteiger partial charge on any atom is 0.413 e. The van der Waals surface area contributed by atoms with Gasteiger partial charge in [0.25, 0.3) is 0 Å². The van der Waals surface area contributed by atoms with Crippen LogP contribution < -0.4 is 10.6 Å². The lowest BCUT2D eigenvalue weighted by Gasteiger charge is -2.23. The Labute approximate surface area is 265 Å². The summed E-state index contributed by atoms with van der Waals surface area (Å²) in [5, 5.41) is 24.6. The fourth-order valence-electron chi connectivity index (χ4n) is 5.64. The van der Waals surface area contributed by atoms with E-state index in [1.54, 1.807) is 6.07 Å². The summed E-state index contributed by atoms with van der Waals surface area (Å²) in [5.74, 6) is -2.08. The van der Waals surface area contributed by atoms with Crippen molar-refractivity contribution in [3.05, 3.63) is 106 Å². The first kappa shape index (κ1) is 31.2. The lowest BCUT2D eigenvalue weighted by Crippen LogP contribution is -2.36. The Kier molecular flexibility index (Phi) is 8.02. The SMILES string of the molecule is CCC(Nc1c(C#N)cnc2c(Cl)cc(NC(c3ccc(F)nc3C)c3nnn(C4(C(F)(F)F)CC4)c3F)cc12)c1ccccc1. The highest BCUT2D eigenvalue weighted by Crippen LogP contribution is 2.55. The third-order valence-corrected chi connectivity index (χ3v) is 8.55. The van der Waals surface area contributed by atoms with Crippen molar-refractivity contribution in [2.45, 2.75) is 56.9 Å². The quantitative estimate of drug-likeness (QED) is 0.122. The van der Waals surface area contributed by atoms with Gasteiger partial charge < -0.3 is 10.6 Å². The highest BCUT2D eigenvalue weighted by atomic mass is 35.5. The second-order valence-corrected chi connectivity index (χ2v) is 11.5. The Hall–Kier alpha value is -4.83. The molecule has 0 aliphatic heterocycles. The number of halogens is 6. The number of aromatic nitrogens is 5. The van der Waals surface area contributed by atoms with Crippen LogP contribution in [0.1, 0.15) is 66.3 Å². The van der Waals surface area contributed by atoms with E-state index >= 15 is 4.39 Å². The number of alkyl halides is 3. The Bertz CT molecular complexity index is 1970. The molecule has 8 nitrogen and oxygen atoms in total. The van der Waals surface area contributed by atoms with E-state index in [4.69, 9.17) is 11.6 Å². The molecule has 236 valence electrons. The number of benzene rings is 2. The molecule has 2 unspecified atom stereocenters. The fourth-order valence-corrected chi connectivity index (χ4v) is 5.90. The molecule has 1 aliphatic rings. The van der Waals surface area contributed by atoms with E-state index in [0.717, 1.165) is 11.6 Å². The summed E-state index contributed by atoms with van der Waals surface area (Å²) >= 11 is 6.69. The molecule has 0 amide bonds. The Morgan fingerprint density at radius 2 is 1.83 bits per heavy atom. The third kappa shape index (κ3) is 5.47. The number of nitrogens with one attached hydrogen (secondary N) is 2. The van der Waals surface area contributed by atoms with Crippen LogP contribution in [0.5, 0.6) is 0 Å². The first-order chi connectivity index (χ1) is 22.0. The Balaban J connectivity index is 1.47. The number of hydrogen-bond acceptors (Lipinski definition) is 7. The van der Waals surface area contributed by atoms with Gasteiger partial charge in [-0.3, -0.25) is 4.98 Å². The lowest BCUT2D eigenvalue weighted by molar-refractivity contribution is -0.185. The molecule has 14 heteroatoms. The highest BCUT2D eigenvalue weighted by molar-refractivity contribution is 6.35. The molecular formula is C32H26ClF5N8. The molecule has 3 aromatic heterocycles. The van der Waals surface area contributed by atoms with Crippen molar-refractivity contribution in [2.24, 2.45) is 0 Å². The molecule has 0 spiro atoms. The number of aryl methyl sites for hydroxylation is 1. The summed E-state index contributed by atoms with van der Waals surface area (Å²) in [4.78, 5) is 8.21. The van der Waals surface area contributed by atoms with Gasteiger partial charge in [-0.25, -0.2) is 9.67 Å². The zero-order valence-electron chi connectivity index (χ0n) is 24.5. The van der Waals surface area contributed by atoms with Gasteiger partial charge in [-0.1, -0.05) is 60.1 Å². The molecular weight excluding hydrogens is 627 g/mol. The largest absolute Gasteiger partial charge is 0.413 e. The molecule has 2 N–H and O–H groups in total. The molecule has 46 heavy (non-hydrogen) atoms. The second kappa shape index (κ2) is 11.8. The molecule has 2 aromatic carbocycles. The van der Waals surface area contributed by atoms with Gasteiger partial charge in [-0.05, 0) is 49.9 Å². The summed E-state index contributed by atoms with van der Waals surface area (Å²) in [6.45, 7) is 3.48. The first-order valence-electron chi connectivity index (χ1n) is 14.4. The summed E-state index contributed by atoms with van der Waals surface area (Å²) in [5.41, 5.74) is -0.147. The summed E-state index contributed by atoms with van der Waals surface area (Å²) < 4.78 is 71.9. The van der Waals surface area contributed by atoms with Crippen molar-refractivity contribution in [3.63, 3.8) is 0 Å². The monoisotopic (exact) mass is 652 g/mol. The molecule has 0 bridgehead atoms. The molecule has 5 aromatic rings. The topological polar surface area (TPSA) is 104 Å². The molecule has 3 heterocycles. The van der Waals surface area contributed by atoms with Gasteiger partial charge in [0.2, 0.25) is 11.9 Å². The smallest absolute Gasteiger partial charge is 0.377 e. The van der Waals surface area contributed by atoms with Crippen molar-refractivity contribution < 1.29 is 22.0 Å². The molecule has 0 saturated heterocycles. The predicted molar refractivity (Wildman–Crippen MR) is 162 cm³/mol. The van der Waals surface area contributed by atoms with Crippen molar-refractivity contribution in [1.29, 1.82) is 5.26 Å². The number of pyridine rings is 2. The van der Waals surface area contributed by atoms with Gasteiger partial charge in [-0.15, -0.1) is 5.10 Å². The van der Waals surface area contributed by atoms with E-state index in [1.807, 2.05) is 37.3 Å². The van der Waals surface area contributed by atoms with E-state index in [-0.39, 0.29) is 45.4 Å². The van der Waals surface area contributed by atoms with Gasteiger partial charge in [-0.2, -0.15) is 27.2 Å². The average molecular weight is 653 g/mol. The van der Waals surface area contributed by atoms with Crippen molar-refractivity contribution in [3.8, 4) is 6.07 Å². The Morgan fingerprint density at radius 3 is 2.46 bits per heavy atom. The van der Waals surface area contributed by atoms with Gasteiger partial charge >= 0.3 is 6.18 Å². The van der Waals surface area contributed by atoms with Crippen LogP contribution in [-0.2, 0) is 5.54 Å². The number of nitriles is 1. The number of rotatable bonds is 9. The molecule has 1 fully saturated rings. The highest BCUT2D eigenvalue weighted by Gasteiger charge is 2.67. The minimum absolute atomic E-state index is 0.153. The minimum Gasteiger partial charge on any atom is -0.377 e. The average Bonchev–Trinajstić information content (AvgIpc) is 3.76. The van der Waals surface area contributed by atoms with Crippen LogP contribution in [-0.4, -0.2) is 31.1 Å². The summed E-state index contributed by atoms with van der Waals surface area (Å²) in [6.07, 6.45) is -3.32. The van der Waals surface area contributed by atoms with E-state index in [2.05, 4.69) is 37.0 Å². The zero-order chi connectivity index (χ0) is 32.8. The van der Waals surface area contributed by atoms with E-state index in [9.17, 15) is 22.8 Å². The number of fused-ring (bicyclic) bond motifs is 1. The van der Waals surface area contributed by atoms with Crippen LogP contribution >= 0.6 is 11.6 Å². The molecule has 1 saturated carbocycles. The van der Waals surface area contributed by atoms with Crippen LogP contribution in [0.4, 0.5) is 33.3 Å². The Morgan fingerprint density at radius 1 is 1.09 bits per heavy atom. The normalized spacial score (nSPS) is 15.3. The molecule has 0 radical (unpaired) electrons. The van der Waals surface area contributed by atoms with Crippen molar-refractivity contribution in [1.82, 2.24) is 25.0 Å². The number of anilines is 2. The van der Waals surface area contributed by atoms with Gasteiger partial charge in [0.1, 0.15) is 17.8 Å². The minimum atomic E-state index is -4.74.